The summed E-state index contributed by atoms with van der Waals surface area (Å²) in [4.78, 5) is 107. The fourth-order valence-electron chi connectivity index (χ4n) is 7.00. The van der Waals surface area contributed by atoms with E-state index in [1.54, 1.807) is 43.8 Å². The van der Waals surface area contributed by atoms with E-state index in [4.69, 9.17) is 11.6 Å². The first-order chi connectivity index (χ1) is 28.2. The third-order valence-corrected chi connectivity index (χ3v) is 11.6. The second-order valence-electron chi connectivity index (χ2n) is 14.7. The predicted molar refractivity (Wildman–Crippen MR) is 224 cm³/mol. The summed E-state index contributed by atoms with van der Waals surface area (Å²) in [6, 6.07) is 9.40. The van der Waals surface area contributed by atoms with Crippen molar-refractivity contribution < 1.29 is 33.6 Å². The molecule has 0 saturated carbocycles. The normalized spacial score (nSPS) is 21.9. The maximum absolute atomic E-state index is 14.4. The zero-order valence-corrected chi connectivity index (χ0v) is 34.5. The van der Waals surface area contributed by atoms with E-state index in [1.807, 2.05) is 30.3 Å². The molecular weight excluding hydrogens is 796 g/mol. The molecule has 2 aromatic carbocycles. The van der Waals surface area contributed by atoms with E-state index in [9.17, 15) is 33.6 Å². The van der Waals surface area contributed by atoms with Crippen molar-refractivity contribution in [2.45, 2.75) is 76.9 Å². The van der Waals surface area contributed by atoms with Crippen molar-refractivity contribution in [3.63, 3.8) is 0 Å². The number of aromatic amines is 2. The van der Waals surface area contributed by atoms with Crippen LogP contribution in [-0.2, 0) is 41.6 Å². The monoisotopic (exact) mass is 840 g/mol. The highest BCUT2D eigenvalue weighted by Gasteiger charge is 2.31. The van der Waals surface area contributed by atoms with Gasteiger partial charge in [0.25, 0.3) is 11.8 Å². The van der Waals surface area contributed by atoms with Crippen molar-refractivity contribution in [3.8, 4) is 0 Å². The molecular formula is C42H45ClN8O7S. The van der Waals surface area contributed by atoms with Crippen LogP contribution in [-0.4, -0.2) is 92.7 Å². The van der Waals surface area contributed by atoms with Crippen molar-refractivity contribution in [3.05, 3.63) is 98.9 Å². The fraction of sp³-hybridized carbons (Fsp3) is 0.333. The minimum absolute atomic E-state index is 0.00312. The number of hydrogen-bond donors (Lipinski definition) is 6. The van der Waals surface area contributed by atoms with Crippen LogP contribution in [0.2, 0.25) is 5.02 Å². The van der Waals surface area contributed by atoms with Crippen LogP contribution in [0.1, 0.15) is 72.6 Å². The summed E-state index contributed by atoms with van der Waals surface area (Å²) in [7, 11) is 1.43. The van der Waals surface area contributed by atoms with Crippen LogP contribution < -0.4 is 21.3 Å². The van der Waals surface area contributed by atoms with E-state index >= 15 is 0 Å². The van der Waals surface area contributed by atoms with E-state index in [1.165, 1.54) is 36.3 Å². The van der Waals surface area contributed by atoms with E-state index in [0.29, 0.717) is 21.0 Å². The fourth-order valence-corrected chi connectivity index (χ4v) is 8.16. The first-order valence-corrected chi connectivity index (χ1v) is 20.4. The van der Waals surface area contributed by atoms with Gasteiger partial charge in [-0.2, -0.15) is 0 Å². The first-order valence-electron chi connectivity index (χ1n) is 19.1. The maximum Gasteiger partial charge on any atom is 0.271 e. The number of benzene rings is 2. The molecule has 0 aliphatic carbocycles. The standard InChI is InChI=1S/C42H45ClN8O7S/c1-5-29-42(58)51(4)20-26(52)15-22(2)41-50-34(21-59-41)40(57)49-33(16-24-18-44-30-11-7-6-9-27(24)30)39(56)48-32(17-25-19-45-31-12-8-10-28(43)37(25)31)35(53)13-14-36(54)46-23(3)38(55)47-29/h5-12,18-19,21-23,32-33,44-45H,13-17,20H2,1-4H3,(H,46,54)(H,47,55)(H,48,56)(H,49,57)/b29-5-/t22-,23+,32-,33-/m0/s1. The number of amides is 5. The lowest BCUT2D eigenvalue weighted by molar-refractivity contribution is -0.133. The first kappa shape index (κ1) is 42.5. The predicted octanol–water partition coefficient (Wildman–Crippen LogP) is 4.24. The maximum atomic E-state index is 14.4. The van der Waals surface area contributed by atoms with Gasteiger partial charge < -0.3 is 36.1 Å². The molecule has 0 spiro atoms. The van der Waals surface area contributed by atoms with Gasteiger partial charge >= 0.3 is 0 Å². The number of rotatable bonds is 4. The van der Waals surface area contributed by atoms with Gasteiger partial charge in [0, 0.05) is 84.6 Å². The topological polar surface area (TPSA) is 215 Å². The molecule has 0 unspecified atom stereocenters. The molecule has 59 heavy (non-hydrogen) atoms. The average molecular weight is 841 g/mol. The number of para-hydroxylation sites is 1. The molecule has 5 amide bonds. The van der Waals surface area contributed by atoms with Gasteiger partial charge in [-0.25, -0.2) is 4.98 Å². The number of halogens is 1. The molecule has 0 fully saturated rings. The Balaban J connectivity index is 1.34. The van der Waals surface area contributed by atoms with Crippen LogP contribution in [0.4, 0.5) is 0 Å². The average Bonchev–Trinajstić information content (AvgIpc) is 3.97. The number of fused-ring (bicyclic) bond motifs is 4. The Hall–Kier alpha value is -6.13. The number of aromatic nitrogens is 3. The third kappa shape index (κ3) is 10.1. The number of thiazole rings is 1. The van der Waals surface area contributed by atoms with Gasteiger partial charge in [-0.05, 0) is 43.2 Å². The Kier molecular flexibility index (Phi) is 13.4. The van der Waals surface area contributed by atoms with Crippen LogP contribution in [0.3, 0.4) is 0 Å². The summed E-state index contributed by atoms with van der Waals surface area (Å²) in [6.07, 6.45) is 4.29. The highest BCUT2D eigenvalue weighted by Crippen LogP contribution is 2.28. The van der Waals surface area contributed by atoms with Crippen molar-refractivity contribution in [2.24, 2.45) is 0 Å². The van der Waals surface area contributed by atoms with E-state index in [2.05, 4.69) is 36.2 Å². The number of nitrogens with zero attached hydrogens (tertiary/aromatic N) is 2. The van der Waals surface area contributed by atoms with Crippen molar-refractivity contribution >= 4 is 85.8 Å². The summed E-state index contributed by atoms with van der Waals surface area (Å²) in [5.41, 5.74) is 2.90. The van der Waals surface area contributed by atoms with E-state index in [-0.39, 0.29) is 55.8 Å². The molecule has 0 radical (unpaired) electrons. The number of allylic oxidation sites excluding steroid dienone is 1. The summed E-state index contributed by atoms with van der Waals surface area (Å²) < 4.78 is 0. The zero-order valence-electron chi connectivity index (χ0n) is 32.9. The minimum atomic E-state index is -1.18. The Morgan fingerprint density at radius 2 is 1.56 bits per heavy atom. The largest absolute Gasteiger partial charge is 0.361 e. The Labute approximate surface area is 348 Å². The van der Waals surface area contributed by atoms with Gasteiger partial charge in [0.05, 0.1) is 22.6 Å². The summed E-state index contributed by atoms with van der Waals surface area (Å²) in [5, 5.41) is 14.8. The molecule has 6 rings (SSSR count). The molecule has 0 saturated heterocycles. The lowest BCUT2D eigenvalue weighted by Gasteiger charge is -2.23. The number of ketones is 2. The van der Waals surface area contributed by atoms with E-state index in [0.717, 1.165) is 22.0 Å². The Morgan fingerprint density at radius 3 is 2.34 bits per heavy atom. The quantitative estimate of drug-likeness (QED) is 0.144. The van der Waals surface area contributed by atoms with Crippen LogP contribution in [0.15, 0.2) is 72.0 Å². The highest BCUT2D eigenvalue weighted by atomic mass is 35.5. The molecule has 1 aliphatic rings. The molecule has 6 N–H and O–H groups in total. The molecule has 4 heterocycles. The number of H-pyrrole nitrogens is 2. The summed E-state index contributed by atoms with van der Waals surface area (Å²) in [5.74, 6) is -4.36. The van der Waals surface area contributed by atoms with Crippen molar-refractivity contribution in [1.82, 2.24) is 41.1 Å². The Morgan fingerprint density at radius 1 is 0.847 bits per heavy atom. The third-order valence-electron chi connectivity index (χ3n) is 10.2. The number of likely N-dealkylation sites (N-methyl/N-ethyl adjacent to an activating group) is 1. The van der Waals surface area contributed by atoms with Crippen LogP contribution in [0.25, 0.3) is 21.8 Å². The molecule has 308 valence electrons. The summed E-state index contributed by atoms with van der Waals surface area (Å²) >= 11 is 7.77. The van der Waals surface area contributed by atoms with Crippen LogP contribution in [0.5, 0.6) is 0 Å². The number of nitrogens with one attached hydrogen (secondary N) is 6. The van der Waals surface area contributed by atoms with Crippen molar-refractivity contribution in [1.29, 1.82) is 0 Å². The van der Waals surface area contributed by atoms with Gasteiger partial charge in [-0.15, -0.1) is 11.3 Å². The molecule has 15 nitrogen and oxygen atoms in total. The number of Topliss-reactive ketones (excluding diaryl/α,β-unsaturated/α-hetero) is 2. The highest BCUT2D eigenvalue weighted by molar-refractivity contribution is 7.09. The molecule has 1 aliphatic heterocycles. The minimum Gasteiger partial charge on any atom is -0.361 e. The molecule has 3 aromatic heterocycles. The second kappa shape index (κ2) is 18.6. The van der Waals surface area contributed by atoms with Gasteiger partial charge in [0.1, 0.15) is 23.5 Å². The molecule has 2 bridgehead atoms. The lowest BCUT2D eigenvalue weighted by atomic mass is 9.97. The zero-order chi connectivity index (χ0) is 42.4. The van der Waals surface area contributed by atoms with Crippen LogP contribution >= 0.6 is 22.9 Å². The van der Waals surface area contributed by atoms with Gasteiger partial charge in [0.2, 0.25) is 17.7 Å². The van der Waals surface area contributed by atoms with Gasteiger partial charge in [-0.1, -0.05) is 48.9 Å². The number of carbonyl (C=O) groups is 7. The van der Waals surface area contributed by atoms with Crippen molar-refractivity contribution in [2.75, 3.05) is 13.6 Å². The van der Waals surface area contributed by atoms with Gasteiger partial charge in [0.15, 0.2) is 11.6 Å². The van der Waals surface area contributed by atoms with E-state index < -0.39 is 59.4 Å². The molecule has 4 atom stereocenters. The molecule has 17 heteroatoms. The Bertz CT molecular complexity index is 2470. The number of carbonyl (C=O) groups excluding carboxylic acids is 7. The number of hydrogen-bond acceptors (Lipinski definition) is 9. The smallest absolute Gasteiger partial charge is 0.271 e. The van der Waals surface area contributed by atoms with Crippen LogP contribution in [0, 0.1) is 0 Å². The molecule has 5 aromatic rings. The summed E-state index contributed by atoms with van der Waals surface area (Å²) in [6.45, 7) is 4.51. The van der Waals surface area contributed by atoms with Gasteiger partial charge in [-0.3, -0.25) is 33.6 Å². The SMILES string of the molecule is C/C=C1\NC(=O)[C@@H](C)NC(=O)CCC(=O)[C@H](Cc2c[nH]c3cccc(Cl)c23)NC(=O)[C@H](Cc2c[nH]c3ccccc23)NC(=O)c2csc(n2)[C@@H](C)CC(=O)CN(C)C1=O. The second-order valence-corrected chi connectivity index (χ2v) is 16.0. The lowest BCUT2D eigenvalue weighted by Crippen LogP contribution is -2.53.